The standard InChI is InChI=1S/C9H18N2O2/c1-7(2-5-12)6-11-8(13)9(10)3-4-9/h7,12H,2-6,10H2,1H3,(H,11,13). The quantitative estimate of drug-likeness (QED) is 0.547. The maximum Gasteiger partial charge on any atom is 0.240 e. The molecule has 0 aromatic rings. The fourth-order valence-electron chi connectivity index (χ4n) is 1.13. The number of carbonyl (C=O) groups is 1. The van der Waals surface area contributed by atoms with Gasteiger partial charge in [-0.2, -0.15) is 0 Å². The molecule has 1 aliphatic rings. The highest BCUT2D eigenvalue weighted by Gasteiger charge is 2.45. The van der Waals surface area contributed by atoms with Crippen molar-refractivity contribution in [2.45, 2.75) is 31.7 Å². The van der Waals surface area contributed by atoms with E-state index >= 15 is 0 Å². The number of amides is 1. The first kappa shape index (κ1) is 10.5. The summed E-state index contributed by atoms with van der Waals surface area (Å²) in [5.41, 5.74) is 5.12. The second-order valence-electron chi connectivity index (χ2n) is 3.98. The van der Waals surface area contributed by atoms with Crippen LogP contribution >= 0.6 is 0 Å². The first-order valence-corrected chi connectivity index (χ1v) is 4.76. The Kier molecular flexibility index (Phi) is 3.27. The van der Waals surface area contributed by atoms with E-state index in [1.807, 2.05) is 6.92 Å². The van der Waals surface area contributed by atoms with Crippen molar-refractivity contribution in [2.75, 3.05) is 13.2 Å². The third-order valence-electron chi connectivity index (χ3n) is 2.47. The zero-order chi connectivity index (χ0) is 9.90. The molecule has 0 spiro atoms. The van der Waals surface area contributed by atoms with Crippen LogP contribution in [-0.2, 0) is 4.79 Å². The Labute approximate surface area is 78.5 Å². The van der Waals surface area contributed by atoms with Crippen LogP contribution in [0.25, 0.3) is 0 Å². The Hall–Kier alpha value is -0.610. The highest BCUT2D eigenvalue weighted by Crippen LogP contribution is 2.32. The van der Waals surface area contributed by atoms with Gasteiger partial charge in [-0.25, -0.2) is 0 Å². The molecule has 0 bridgehead atoms. The summed E-state index contributed by atoms with van der Waals surface area (Å²) >= 11 is 0. The lowest BCUT2D eigenvalue weighted by molar-refractivity contribution is -0.123. The van der Waals surface area contributed by atoms with Gasteiger partial charge in [-0.05, 0) is 25.2 Å². The van der Waals surface area contributed by atoms with Crippen LogP contribution in [0.2, 0.25) is 0 Å². The van der Waals surface area contributed by atoms with Gasteiger partial charge in [-0.3, -0.25) is 4.79 Å². The van der Waals surface area contributed by atoms with E-state index in [9.17, 15) is 4.79 Å². The Bertz CT molecular complexity index is 190. The summed E-state index contributed by atoms with van der Waals surface area (Å²) in [6.45, 7) is 2.77. The molecule has 4 N–H and O–H groups in total. The van der Waals surface area contributed by atoms with Gasteiger partial charge in [0.25, 0.3) is 0 Å². The molecule has 1 rings (SSSR count). The number of aliphatic hydroxyl groups is 1. The number of nitrogens with one attached hydrogen (secondary N) is 1. The normalized spacial score (nSPS) is 20.8. The smallest absolute Gasteiger partial charge is 0.240 e. The lowest BCUT2D eigenvalue weighted by Crippen LogP contribution is -2.44. The van der Waals surface area contributed by atoms with E-state index in [1.165, 1.54) is 0 Å². The highest BCUT2D eigenvalue weighted by molar-refractivity contribution is 5.88. The summed E-state index contributed by atoms with van der Waals surface area (Å²) in [5.74, 6) is 0.272. The highest BCUT2D eigenvalue weighted by atomic mass is 16.3. The van der Waals surface area contributed by atoms with Crippen LogP contribution in [0.3, 0.4) is 0 Å². The van der Waals surface area contributed by atoms with Gasteiger partial charge in [0.05, 0.1) is 5.54 Å². The SMILES string of the molecule is CC(CCO)CNC(=O)C1(N)CC1. The van der Waals surface area contributed by atoms with E-state index < -0.39 is 5.54 Å². The van der Waals surface area contributed by atoms with E-state index in [0.717, 1.165) is 19.3 Å². The van der Waals surface area contributed by atoms with Crippen LogP contribution in [0, 0.1) is 5.92 Å². The zero-order valence-electron chi connectivity index (χ0n) is 8.05. The molecule has 1 aliphatic carbocycles. The van der Waals surface area contributed by atoms with E-state index in [-0.39, 0.29) is 12.5 Å². The molecule has 4 heteroatoms. The largest absolute Gasteiger partial charge is 0.396 e. The Morgan fingerprint density at radius 3 is 2.77 bits per heavy atom. The summed E-state index contributed by atoms with van der Waals surface area (Å²) in [7, 11) is 0. The van der Waals surface area contributed by atoms with Gasteiger partial charge in [0.15, 0.2) is 0 Å². The molecular formula is C9H18N2O2. The van der Waals surface area contributed by atoms with Crippen molar-refractivity contribution < 1.29 is 9.90 Å². The van der Waals surface area contributed by atoms with Crippen LogP contribution in [0.5, 0.6) is 0 Å². The van der Waals surface area contributed by atoms with Crippen LogP contribution in [-0.4, -0.2) is 29.7 Å². The number of hydrogen-bond acceptors (Lipinski definition) is 3. The molecule has 0 aromatic carbocycles. The Morgan fingerprint density at radius 1 is 1.69 bits per heavy atom. The summed E-state index contributed by atoms with van der Waals surface area (Å²) < 4.78 is 0. The van der Waals surface area contributed by atoms with Crippen LogP contribution in [0.1, 0.15) is 26.2 Å². The molecule has 1 unspecified atom stereocenters. The molecule has 1 amide bonds. The minimum absolute atomic E-state index is 0.0442. The molecule has 1 fully saturated rings. The monoisotopic (exact) mass is 186 g/mol. The molecule has 4 nitrogen and oxygen atoms in total. The summed E-state index contributed by atoms with van der Waals surface area (Å²) in [6, 6.07) is 0. The first-order chi connectivity index (χ1) is 6.08. The van der Waals surface area contributed by atoms with Crippen molar-refractivity contribution in [3.63, 3.8) is 0 Å². The van der Waals surface area contributed by atoms with Gasteiger partial charge in [0.1, 0.15) is 0 Å². The van der Waals surface area contributed by atoms with Gasteiger partial charge in [0.2, 0.25) is 5.91 Å². The number of rotatable bonds is 5. The molecule has 1 saturated carbocycles. The predicted molar refractivity (Wildman–Crippen MR) is 50.0 cm³/mol. The van der Waals surface area contributed by atoms with Crippen LogP contribution in [0.4, 0.5) is 0 Å². The van der Waals surface area contributed by atoms with E-state index in [0.29, 0.717) is 12.5 Å². The minimum Gasteiger partial charge on any atom is -0.396 e. The van der Waals surface area contributed by atoms with Crippen LogP contribution in [0.15, 0.2) is 0 Å². The van der Waals surface area contributed by atoms with Crippen molar-refractivity contribution in [1.82, 2.24) is 5.32 Å². The molecule has 1 atom stereocenters. The van der Waals surface area contributed by atoms with E-state index in [4.69, 9.17) is 10.8 Å². The Balaban J connectivity index is 2.15. The maximum absolute atomic E-state index is 11.3. The molecule has 0 saturated heterocycles. The molecule has 0 aromatic heterocycles. The number of carbonyl (C=O) groups excluding carboxylic acids is 1. The van der Waals surface area contributed by atoms with Crippen molar-refractivity contribution in [1.29, 1.82) is 0 Å². The maximum atomic E-state index is 11.3. The van der Waals surface area contributed by atoms with E-state index in [1.54, 1.807) is 0 Å². The molecule has 76 valence electrons. The number of hydrogen-bond donors (Lipinski definition) is 3. The third-order valence-corrected chi connectivity index (χ3v) is 2.47. The fraction of sp³-hybridized carbons (Fsp3) is 0.889. The fourth-order valence-corrected chi connectivity index (χ4v) is 1.13. The molecule has 13 heavy (non-hydrogen) atoms. The second-order valence-corrected chi connectivity index (χ2v) is 3.98. The molecule has 0 radical (unpaired) electrons. The van der Waals surface area contributed by atoms with Gasteiger partial charge >= 0.3 is 0 Å². The summed E-state index contributed by atoms with van der Waals surface area (Å²) in [4.78, 5) is 11.3. The van der Waals surface area contributed by atoms with Gasteiger partial charge in [-0.15, -0.1) is 0 Å². The zero-order valence-corrected chi connectivity index (χ0v) is 8.05. The van der Waals surface area contributed by atoms with Crippen LogP contribution < -0.4 is 11.1 Å². The number of aliphatic hydroxyl groups excluding tert-OH is 1. The predicted octanol–water partition coefficient (Wildman–Crippen LogP) is -0.388. The first-order valence-electron chi connectivity index (χ1n) is 4.76. The van der Waals surface area contributed by atoms with Gasteiger partial charge in [0, 0.05) is 13.2 Å². The molecule has 0 aliphatic heterocycles. The second kappa shape index (κ2) is 4.07. The van der Waals surface area contributed by atoms with Gasteiger partial charge < -0.3 is 16.2 Å². The van der Waals surface area contributed by atoms with Crippen molar-refractivity contribution in [3.8, 4) is 0 Å². The number of nitrogens with two attached hydrogens (primary N) is 1. The van der Waals surface area contributed by atoms with Crippen molar-refractivity contribution in [2.24, 2.45) is 11.7 Å². The van der Waals surface area contributed by atoms with Crippen molar-refractivity contribution >= 4 is 5.91 Å². The third kappa shape index (κ3) is 2.97. The average molecular weight is 186 g/mol. The minimum atomic E-state index is -0.571. The molecule has 0 heterocycles. The molecular weight excluding hydrogens is 168 g/mol. The lowest BCUT2D eigenvalue weighted by Gasteiger charge is -2.13. The lowest BCUT2D eigenvalue weighted by atomic mass is 10.1. The van der Waals surface area contributed by atoms with Gasteiger partial charge in [-0.1, -0.05) is 6.92 Å². The van der Waals surface area contributed by atoms with Crippen molar-refractivity contribution in [3.05, 3.63) is 0 Å². The topological polar surface area (TPSA) is 75.3 Å². The average Bonchev–Trinajstić information content (AvgIpc) is 2.81. The summed E-state index contributed by atoms with van der Waals surface area (Å²) in [6.07, 6.45) is 2.32. The Morgan fingerprint density at radius 2 is 2.31 bits per heavy atom. The summed E-state index contributed by atoms with van der Waals surface area (Å²) in [5, 5.41) is 11.4. The van der Waals surface area contributed by atoms with E-state index in [2.05, 4.69) is 5.32 Å².